The van der Waals surface area contributed by atoms with E-state index in [0.29, 0.717) is 11.3 Å². The number of rotatable bonds is 3. The summed E-state index contributed by atoms with van der Waals surface area (Å²) in [5.41, 5.74) is 1.55. The molecule has 0 heterocycles. The lowest BCUT2D eigenvalue weighted by atomic mass is 10.1. The first-order valence-electron chi connectivity index (χ1n) is 3.98. The molecule has 78 valence electrons. The van der Waals surface area contributed by atoms with Crippen molar-refractivity contribution in [3.8, 4) is 5.75 Å². The van der Waals surface area contributed by atoms with Crippen molar-refractivity contribution >= 4 is 19.7 Å². The van der Waals surface area contributed by atoms with Crippen LogP contribution in [0.25, 0.3) is 0 Å². The molecule has 0 N–H and O–H groups in total. The second-order valence-corrected chi connectivity index (χ2v) is 5.75. The molecule has 1 aromatic carbocycles. The van der Waals surface area contributed by atoms with E-state index in [1.54, 1.807) is 25.3 Å². The summed E-state index contributed by atoms with van der Waals surface area (Å²) in [7, 11) is 3.23. The van der Waals surface area contributed by atoms with Gasteiger partial charge < -0.3 is 4.74 Å². The highest BCUT2D eigenvalue weighted by Crippen LogP contribution is 2.19. The predicted molar refractivity (Wildman–Crippen MR) is 56.2 cm³/mol. The molecule has 0 atom stereocenters. The van der Waals surface area contributed by atoms with Crippen LogP contribution < -0.4 is 4.74 Å². The zero-order valence-corrected chi connectivity index (χ0v) is 9.52. The Labute approximate surface area is 88.1 Å². The molecule has 0 aliphatic rings. The van der Waals surface area contributed by atoms with Gasteiger partial charge >= 0.3 is 0 Å². The normalized spacial score (nSPS) is 11.4. The summed E-state index contributed by atoms with van der Waals surface area (Å²) in [4.78, 5) is 0. The molecule has 1 rings (SSSR count). The largest absolute Gasteiger partial charge is 0.497 e. The van der Waals surface area contributed by atoms with Crippen LogP contribution in [0.2, 0.25) is 0 Å². The summed E-state index contributed by atoms with van der Waals surface area (Å²) >= 11 is 0. The minimum absolute atomic E-state index is 0.148. The lowest BCUT2D eigenvalue weighted by Crippen LogP contribution is -1.98. The Bertz CT molecular complexity index is 426. The molecule has 0 aromatic heterocycles. The fourth-order valence-corrected chi connectivity index (χ4v) is 2.19. The van der Waals surface area contributed by atoms with Crippen LogP contribution in [0.3, 0.4) is 0 Å². The van der Waals surface area contributed by atoms with Crippen LogP contribution in [-0.4, -0.2) is 15.5 Å². The summed E-state index contributed by atoms with van der Waals surface area (Å²) < 4.78 is 26.7. The Hall–Kier alpha value is -0.740. The highest BCUT2D eigenvalue weighted by atomic mass is 35.7. The second kappa shape index (κ2) is 4.19. The molecule has 1 aromatic rings. The zero-order chi connectivity index (χ0) is 10.8. The zero-order valence-electron chi connectivity index (χ0n) is 7.95. The first kappa shape index (κ1) is 11.3. The maximum absolute atomic E-state index is 10.8. The van der Waals surface area contributed by atoms with Gasteiger partial charge in [0.25, 0.3) is 0 Å². The quantitative estimate of drug-likeness (QED) is 0.752. The summed E-state index contributed by atoms with van der Waals surface area (Å²) in [5, 5.41) is 0. The number of benzene rings is 1. The Morgan fingerprint density at radius 3 is 2.50 bits per heavy atom. The van der Waals surface area contributed by atoms with Crippen molar-refractivity contribution in [1.29, 1.82) is 0 Å². The van der Waals surface area contributed by atoms with Gasteiger partial charge in [-0.3, -0.25) is 0 Å². The molecule has 0 amide bonds. The van der Waals surface area contributed by atoms with Crippen LogP contribution in [-0.2, 0) is 14.8 Å². The first-order chi connectivity index (χ1) is 6.42. The van der Waals surface area contributed by atoms with E-state index in [2.05, 4.69) is 0 Å². The van der Waals surface area contributed by atoms with Crippen molar-refractivity contribution in [2.75, 3.05) is 7.11 Å². The fourth-order valence-electron chi connectivity index (χ4n) is 1.14. The lowest BCUT2D eigenvalue weighted by molar-refractivity contribution is 0.414. The van der Waals surface area contributed by atoms with Crippen molar-refractivity contribution in [3.63, 3.8) is 0 Å². The van der Waals surface area contributed by atoms with E-state index in [0.717, 1.165) is 5.56 Å². The van der Waals surface area contributed by atoms with Crippen molar-refractivity contribution in [2.45, 2.75) is 12.7 Å². The van der Waals surface area contributed by atoms with Gasteiger partial charge in [0.05, 0.1) is 12.9 Å². The minimum atomic E-state index is -3.49. The molecule has 0 saturated carbocycles. The predicted octanol–water partition coefficient (Wildman–Crippen LogP) is 2.07. The van der Waals surface area contributed by atoms with Crippen molar-refractivity contribution in [1.82, 2.24) is 0 Å². The van der Waals surface area contributed by atoms with Gasteiger partial charge in [-0.1, -0.05) is 6.07 Å². The molecule has 0 bridgehead atoms. The van der Waals surface area contributed by atoms with Crippen LogP contribution in [0, 0.1) is 6.92 Å². The molecule has 0 aliphatic heterocycles. The molecule has 0 unspecified atom stereocenters. The van der Waals surface area contributed by atoms with Crippen LogP contribution in [0.1, 0.15) is 11.1 Å². The molecule has 0 fully saturated rings. The Morgan fingerprint density at radius 1 is 1.43 bits per heavy atom. The maximum Gasteiger partial charge on any atom is 0.236 e. The number of ether oxygens (including phenoxy) is 1. The van der Waals surface area contributed by atoms with Crippen LogP contribution in [0.4, 0.5) is 0 Å². The molecule has 0 saturated heterocycles. The van der Waals surface area contributed by atoms with Gasteiger partial charge in [-0.2, -0.15) is 0 Å². The number of hydrogen-bond donors (Lipinski definition) is 0. The van der Waals surface area contributed by atoms with Crippen molar-refractivity contribution in [3.05, 3.63) is 29.3 Å². The molecular formula is C9H11ClO3S. The van der Waals surface area contributed by atoms with E-state index in [4.69, 9.17) is 15.4 Å². The number of aryl methyl sites for hydroxylation is 1. The lowest BCUT2D eigenvalue weighted by Gasteiger charge is -2.05. The third-order valence-corrected chi connectivity index (χ3v) is 2.86. The molecule has 3 nitrogen and oxygen atoms in total. The van der Waals surface area contributed by atoms with Gasteiger partial charge in [0.2, 0.25) is 9.05 Å². The van der Waals surface area contributed by atoms with E-state index >= 15 is 0 Å². The summed E-state index contributed by atoms with van der Waals surface area (Å²) in [6.07, 6.45) is 0. The maximum atomic E-state index is 10.8. The Balaban J connectivity index is 3.01. The third kappa shape index (κ3) is 3.20. The van der Waals surface area contributed by atoms with Gasteiger partial charge in [0.15, 0.2) is 0 Å². The van der Waals surface area contributed by atoms with Gasteiger partial charge in [0, 0.05) is 10.7 Å². The standard InChI is InChI=1S/C9H11ClO3S/c1-7-5-9(13-2)4-3-8(7)6-14(10,11)12/h3-5H,6H2,1-2H3. The number of halogens is 1. The molecule has 0 aliphatic carbocycles. The van der Waals surface area contributed by atoms with E-state index < -0.39 is 9.05 Å². The average Bonchev–Trinajstić information content (AvgIpc) is 2.06. The van der Waals surface area contributed by atoms with Crippen LogP contribution in [0.5, 0.6) is 5.75 Å². The Kier molecular flexibility index (Phi) is 3.39. The first-order valence-corrected chi connectivity index (χ1v) is 6.46. The molecule has 0 radical (unpaired) electrons. The van der Waals surface area contributed by atoms with E-state index in [1.165, 1.54) is 0 Å². The smallest absolute Gasteiger partial charge is 0.236 e. The SMILES string of the molecule is COc1ccc(CS(=O)(=O)Cl)c(C)c1. The van der Waals surface area contributed by atoms with E-state index in [-0.39, 0.29) is 5.75 Å². The van der Waals surface area contributed by atoms with E-state index in [9.17, 15) is 8.42 Å². The van der Waals surface area contributed by atoms with Gasteiger partial charge in [-0.25, -0.2) is 8.42 Å². The Morgan fingerprint density at radius 2 is 2.07 bits per heavy atom. The molecular weight excluding hydrogens is 224 g/mol. The average molecular weight is 235 g/mol. The second-order valence-electron chi connectivity index (χ2n) is 2.98. The van der Waals surface area contributed by atoms with E-state index in [1.807, 2.05) is 6.92 Å². The van der Waals surface area contributed by atoms with Gasteiger partial charge in [-0.15, -0.1) is 0 Å². The number of hydrogen-bond acceptors (Lipinski definition) is 3. The van der Waals surface area contributed by atoms with Gasteiger partial charge in [0.1, 0.15) is 5.75 Å². The van der Waals surface area contributed by atoms with Crippen molar-refractivity contribution < 1.29 is 13.2 Å². The summed E-state index contributed by atoms with van der Waals surface area (Å²) in [6, 6.07) is 5.19. The fraction of sp³-hybridized carbons (Fsp3) is 0.333. The molecule has 0 spiro atoms. The monoisotopic (exact) mass is 234 g/mol. The van der Waals surface area contributed by atoms with Gasteiger partial charge in [-0.05, 0) is 30.2 Å². The number of methoxy groups -OCH3 is 1. The minimum Gasteiger partial charge on any atom is -0.497 e. The molecule has 14 heavy (non-hydrogen) atoms. The summed E-state index contributed by atoms with van der Waals surface area (Å²) in [5.74, 6) is 0.558. The van der Waals surface area contributed by atoms with Crippen molar-refractivity contribution in [2.24, 2.45) is 0 Å². The van der Waals surface area contributed by atoms with Crippen LogP contribution in [0.15, 0.2) is 18.2 Å². The topological polar surface area (TPSA) is 43.4 Å². The van der Waals surface area contributed by atoms with Crippen LogP contribution >= 0.6 is 10.7 Å². The summed E-state index contributed by atoms with van der Waals surface area (Å²) in [6.45, 7) is 1.82. The third-order valence-electron chi connectivity index (χ3n) is 1.88. The highest BCUT2D eigenvalue weighted by molar-refractivity contribution is 8.13. The highest BCUT2D eigenvalue weighted by Gasteiger charge is 2.09. The molecule has 5 heteroatoms.